The average Bonchev–Trinajstić information content (AvgIpc) is 2.98. The van der Waals surface area contributed by atoms with Gasteiger partial charge in [-0.3, -0.25) is 14.5 Å². The first kappa shape index (κ1) is 24.0. The molecule has 0 radical (unpaired) electrons. The smallest absolute Gasteiger partial charge is 0.325 e. The molecule has 2 saturated carbocycles. The summed E-state index contributed by atoms with van der Waals surface area (Å²) >= 11 is 0. The third-order valence-electron chi connectivity index (χ3n) is 7.95. The maximum atomic E-state index is 13.0. The summed E-state index contributed by atoms with van der Waals surface area (Å²) in [7, 11) is 0. The van der Waals surface area contributed by atoms with Gasteiger partial charge in [0.15, 0.2) is 0 Å². The summed E-state index contributed by atoms with van der Waals surface area (Å²) in [6.07, 6.45) is 11.4. The molecule has 3 rings (SSSR count). The minimum absolute atomic E-state index is 0.209. The number of amides is 4. The molecule has 7 nitrogen and oxygen atoms in total. The number of urea groups is 1. The number of ether oxygens (including phenoxy) is 1. The number of hydrogen-bond acceptors (Lipinski definition) is 4. The monoisotopic (exact) mass is 435 g/mol. The summed E-state index contributed by atoms with van der Waals surface area (Å²) in [6, 6.07) is -0.436. The number of carbonyl (C=O) groups excluding carboxylic acids is 3. The van der Waals surface area contributed by atoms with Gasteiger partial charge in [-0.2, -0.15) is 0 Å². The molecule has 4 amide bonds. The Labute approximate surface area is 187 Å². The molecule has 0 aromatic carbocycles. The molecule has 2 aliphatic carbocycles. The Morgan fingerprint density at radius 3 is 2.48 bits per heavy atom. The van der Waals surface area contributed by atoms with Crippen LogP contribution in [0.5, 0.6) is 0 Å². The van der Waals surface area contributed by atoms with Gasteiger partial charge in [-0.1, -0.05) is 46.5 Å². The zero-order valence-corrected chi connectivity index (χ0v) is 19.6. The lowest BCUT2D eigenvalue weighted by atomic mass is 9.65. The second-order valence-corrected chi connectivity index (χ2v) is 10.4. The average molecular weight is 436 g/mol. The number of carbonyl (C=O) groups is 3. The van der Waals surface area contributed by atoms with Crippen LogP contribution in [-0.4, -0.2) is 54.1 Å². The van der Waals surface area contributed by atoms with Gasteiger partial charge in [-0.15, -0.1) is 0 Å². The third kappa shape index (κ3) is 5.79. The van der Waals surface area contributed by atoms with Gasteiger partial charge < -0.3 is 15.4 Å². The zero-order chi connectivity index (χ0) is 22.5. The number of hydrogen-bond donors (Lipinski definition) is 2. The van der Waals surface area contributed by atoms with E-state index in [1.807, 2.05) is 0 Å². The number of nitrogens with one attached hydrogen (secondary N) is 2. The van der Waals surface area contributed by atoms with E-state index < -0.39 is 11.6 Å². The van der Waals surface area contributed by atoms with Crippen LogP contribution >= 0.6 is 0 Å². The second kappa shape index (κ2) is 10.3. The normalized spacial score (nSPS) is 27.6. The Morgan fingerprint density at radius 2 is 1.84 bits per heavy atom. The molecular formula is C24H41N3O4. The lowest BCUT2D eigenvalue weighted by Gasteiger charge is -2.42. The summed E-state index contributed by atoms with van der Waals surface area (Å²) in [6.45, 7) is 7.68. The van der Waals surface area contributed by atoms with Gasteiger partial charge in [-0.05, 0) is 56.3 Å². The molecule has 3 aliphatic rings. The molecule has 1 saturated heterocycles. The topological polar surface area (TPSA) is 87.7 Å². The summed E-state index contributed by atoms with van der Waals surface area (Å²) < 4.78 is 5.87. The maximum Gasteiger partial charge on any atom is 0.325 e. The van der Waals surface area contributed by atoms with Gasteiger partial charge in [-0.25, -0.2) is 4.79 Å². The quantitative estimate of drug-likeness (QED) is 0.426. The fourth-order valence-electron chi connectivity index (χ4n) is 5.32. The summed E-state index contributed by atoms with van der Waals surface area (Å²) in [5.41, 5.74) is -0.570. The van der Waals surface area contributed by atoms with E-state index in [9.17, 15) is 14.4 Å². The van der Waals surface area contributed by atoms with Crippen LogP contribution in [0.25, 0.3) is 0 Å². The molecule has 1 aliphatic heterocycles. The fraction of sp³-hybridized carbons (Fsp3) is 0.875. The van der Waals surface area contributed by atoms with Gasteiger partial charge in [0.2, 0.25) is 5.91 Å². The van der Waals surface area contributed by atoms with Gasteiger partial charge in [0.1, 0.15) is 12.1 Å². The third-order valence-corrected chi connectivity index (χ3v) is 7.95. The van der Waals surface area contributed by atoms with E-state index in [0.717, 1.165) is 43.4 Å². The van der Waals surface area contributed by atoms with Crippen molar-refractivity contribution in [1.29, 1.82) is 0 Å². The van der Waals surface area contributed by atoms with Crippen molar-refractivity contribution in [1.82, 2.24) is 15.5 Å². The van der Waals surface area contributed by atoms with Crippen LogP contribution in [0.1, 0.15) is 91.4 Å². The molecule has 7 heteroatoms. The van der Waals surface area contributed by atoms with E-state index in [1.54, 1.807) is 0 Å². The first-order chi connectivity index (χ1) is 14.8. The zero-order valence-electron chi connectivity index (χ0n) is 19.6. The lowest BCUT2D eigenvalue weighted by molar-refractivity contribution is -0.136. The van der Waals surface area contributed by atoms with E-state index in [1.165, 1.54) is 19.3 Å². The van der Waals surface area contributed by atoms with Crippen LogP contribution in [-0.2, 0) is 14.3 Å². The fourth-order valence-corrected chi connectivity index (χ4v) is 5.32. The van der Waals surface area contributed by atoms with Crippen molar-refractivity contribution in [3.63, 3.8) is 0 Å². The van der Waals surface area contributed by atoms with Gasteiger partial charge in [0.05, 0.1) is 6.10 Å². The van der Waals surface area contributed by atoms with Crippen molar-refractivity contribution >= 4 is 17.8 Å². The highest BCUT2D eigenvalue weighted by Gasteiger charge is 2.53. The highest BCUT2D eigenvalue weighted by atomic mass is 16.5. The largest absolute Gasteiger partial charge is 0.378 e. The Bertz CT molecular complexity index is 649. The maximum absolute atomic E-state index is 13.0. The Kier molecular flexibility index (Phi) is 8.00. The van der Waals surface area contributed by atoms with Gasteiger partial charge in [0, 0.05) is 13.2 Å². The summed E-state index contributed by atoms with van der Waals surface area (Å²) in [4.78, 5) is 38.9. The van der Waals surface area contributed by atoms with E-state index in [4.69, 9.17) is 4.74 Å². The van der Waals surface area contributed by atoms with E-state index in [-0.39, 0.29) is 23.8 Å². The lowest BCUT2D eigenvalue weighted by Crippen LogP contribution is -2.51. The van der Waals surface area contributed by atoms with E-state index in [0.29, 0.717) is 38.0 Å². The van der Waals surface area contributed by atoms with Crippen LogP contribution in [0, 0.1) is 11.3 Å². The minimum Gasteiger partial charge on any atom is -0.378 e. The van der Waals surface area contributed by atoms with E-state index >= 15 is 0 Å². The predicted molar refractivity (Wildman–Crippen MR) is 119 cm³/mol. The Hall–Kier alpha value is -1.63. The van der Waals surface area contributed by atoms with Crippen LogP contribution < -0.4 is 10.6 Å². The molecule has 1 spiro atoms. The first-order valence-corrected chi connectivity index (χ1v) is 12.3. The molecule has 0 aromatic rings. The molecule has 3 fully saturated rings. The SMILES string of the molecule is CCC(C)(C)C1CCC2(CC1)NC(=O)N(CC(=O)NCCCOC1CCCCC1)C2=O. The highest BCUT2D eigenvalue weighted by Crippen LogP contribution is 2.45. The predicted octanol–water partition coefficient (Wildman–Crippen LogP) is 3.76. The standard InChI is InChI=1S/C24H41N3O4/c1-4-23(2,3)18-11-13-24(14-12-18)21(29)27(22(30)26-24)17-20(28)25-15-8-16-31-19-9-6-5-7-10-19/h18-19H,4-17H2,1-3H3,(H,25,28)(H,26,30). The van der Waals surface area contributed by atoms with Gasteiger partial charge in [0.25, 0.3) is 5.91 Å². The number of nitrogens with zero attached hydrogens (tertiary/aromatic N) is 1. The molecule has 0 bridgehead atoms. The molecule has 31 heavy (non-hydrogen) atoms. The second-order valence-electron chi connectivity index (χ2n) is 10.4. The molecular weight excluding hydrogens is 394 g/mol. The summed E-state index contributed by atoms with van der Waals surface area (Å²) in [5.74, 6) is 0.0288. The van der Waals surface area contributed by atoms with Crippen LogP contribution in [0.15, 0.2) is 0 Å². The van der Waals surface area contributed by atoms with Crippen molar-refractivity contribution in [3.8, 4) is 0 Å². The molecule has 0 aromatic heterocycles. The molecule has 0 unspecified atom stereocenters. The molecule has 2 N–H and O–H groups in total. The van der Waals surface area contributed by atoms with Crippen molar-refractivity contribution in [2.75, 3.05) is 19.7 Å². The van der Waals surface area contributed by atoms with Crippen molar-refractivity contribution < 1.29 is 19.1 Å². The van der Waals surface area contributed by atoms with Crippen molar-refractivity contribution in [3.05, 3.63) is 0 Å². The molecule has 1 heterocycles. The Morgan fingerprint density at radius 1 is 1.16 bits per heavy atom. The number of imide groups is 1. The first-order valence-electron chi connectivity index (χ1n) is 12.3. The van der Waals surface area contributed by atoms with Crippen molar-refractivity contribution in [2.45, 2.75) is 103 Å². The molecule has 0 atom stereocenters. The van der Waals surface area contributed by atoms with Crippen molar-refractivity contribution in [2.24, 2.45) is 11.3 Å². The Balaban J connectivity index is 1.40. The minimum atomic E-state index is -0.814. The van der Waals surface area contributed by atoms with E-state index in [2.05, 4.69) is 31.4 Å². The van der Waals surface area contributed by atoms with Crippen LogP contribution in [0.4, 0.5) is 4.79 Å². The highest BCUT2D eigenvalue weighted by molar-refractivity contribution is 6.09. The van der Waals surface area contributed by atoms with Crippen LogP contribution in [0.2, 0.25) is 0 Å². The number of rotatable bonds is 9. The van der Waals surface area contributed by atoms with Gasteiger partial charge >= 0.3 is 6.03 Å². The molecule has 176 valence electrons. The van der Waals surface area contributed by atoms with Crippen LogP contribution in [0.3, 0.4) is 0 Å². The summed E-state index contributed by atoms with van der Waals surface area (Å²) in [5, 5.41) is 5.74.